The predicted octanol–water partition coefficient (Wildman–Crippen LogP) is 4.41. The van der Waals surface area contributed by atoms with Gasteiger partial charge in [0, 0.05) is 6.54 Å². The number of rotatable bonds is 3. The summed E-state index contributed by atoms with van der Waals surface area (Å²) in [5.74, 6) is 0. The molecule has 0 radical (unpaired) electrons. The molecule has 112 valence electrons. The number of hydrogen-bond donors (Lipinski definition) is 1. The first kappa shape index (κ1) is 15.6. The first-order chi connectivity index (χ1) is 9.91. The van der Waals surface area contributed by atoms with Crippen LogP contribution in [0.25, 0.3) is 5.57 Å². The van der Waals surface area contributed by atoms with Crippen molar-refractivity contribution >= 4 is 5.57 Å². The van der Waals surface area contributed by atoms with Gasteiger partial charge in [-0.2, -0.15) is 13.2 Å². The summed E-state index contributed by atoms with van der Waals surface area (Å²) in [5.41, 5.74) is 3.53. The van der Waals surface area contributed by atoms with Gasteiger partial charge in [0.05, 0.1) is 5.57 Å². The number of alkyl halides is 3. The number of allylic oxidation sites excluding steroid dienone is 5. The molecule has 1 heterocycles. The van der Waals surface area contributed by atoms with Crippen molar-refractivity contribution in [2.75, 3.05) is 6.54 Å². The van der Waals surface area contributed by atoms with Crippen molar-refractivity contribution in [2.24, 2.45) is 0 Å². The molecule has 1 aliphatic heterocycles. The summed E-state index contributed by atoms with van der Waals surface area (Å²) >= 11 is 0. The van der Waals surface area contributed by atoms with E-state index in [1.807, 2.05) is 19.1 Å². The second-order valence-corrected chi connectivity index (χ2v) is 5.08. The third-order valence-corrected chi connectivity index (χ3v) is 3.61. The quantitative estimate of drug-likeness (QED) is 0.814. The zero-order valence-corrected chi connectivity index (χ0v) is 11.9. The van der Waals surface area contributed by atoms with E-state index >= 15 is 0 Å². The molecule has 0 atom stereocenters. The van der Waals surface area contributed by atoms with Gasteiger partial charge in [-0.1, -0.05) is 30.9 Å². The van der Waals surface area contributed by atoms with E-state index in [1.54, 1.807) is 0 Å². The maximum absolute atomic E-state index is 12.6. The molecule has 1 aliphatic rings. The summed E-state index contributed by atoms with van der Waals surface area (Å²) in [6.45, 7) is 6.80. The number of benzene rings is 1. The van der Waals surface area contributed by atoms with Gasteiger partial charge in [0.1, 0.15) is 0 Å². The number of halogens is 3. The van der Waals surface area contributed by atoms with Gasteiger partial charge in [0.25, 0.3) is 0 Å². The van der Waals surface area contributed by atoms with Crippen LogP contribution in [0.3, 0.4) is 0 Å². The zero-order chi connectivity index (χ0) is 15.5. The molecule has 0 amide bonds. The van der Waals surface area contributed by atoms with Crippen molar-refractivity contribution < 1.29 is 13.2 Å². The molecule has 1 N–H and O–H groups in total. The lowest BCUT2D eigenvalue weighted by Crippen LogP contribution is -2.23. The van der Waals surface area contributed by atoms with Gasteiger partial charge in [0.2, 0.25) is 0 Å². The molecule has 0 spiro atoms. The van der Waals surface area contributed by atoms with Crippen molar-refractivity contribution in [3.05, 3.63) is 65.3 Å². The smallest absolute Gasteiger partial charge is 0.312 e. The van der Waals surface area contributed by atoms with Crippen molar-refractivity contribution in [1.82, 2.24) is 5.32 Å². The van der Waals surface area contributed by atoms with Gasteiger partial charge in [-0.05, 0) is 54.3 Å². The van der Waals surface area contributed by atoms with E-state index < -0.39 is 11.7 Å². The Morgan fingerprint density at radius 2 is 2.00 bits per heavy atom. The molecule has 21 heavy (non-hydrogen) atoms. The van der Waals surface area contributed by atoms with Crippen LogP contribution < -0.4 is 5.32 Å². The SMILES string of the molecule is C=C/C(=C\C=C(/C)c1ccc2c(c1)CNCC2)C(F)(F)F. The molecular formula is C17H18F3N. The molecule has 0 fully saturated rings. The molecule has 0 unspecified atom stereocenters. The molecule has 1 nitrogen and oxygen atoms in total. The van der Waals surface area contributed by atoms with E-state index in [0.717, 1.165) is 42.8 Å². The largest absolute Gasteiger partial charge is 0.416 e. The highest BCUT2D eigenvalue weighted by molar-refractivity contribution is 5.66. The second kappa shape index (κ2) is 6.31. The Balaban J connectivity index is 2.27. The highest BCUT2D eigenvalue weighted by Crippen LogP contribution is 2.27. The van der Waals surface area contributed by atoms with Crippen molar-refractivity contribution in [1.29, 1.82) is 0 Å². The van der Waals surface area contributed by atoms with Crippen LogP contribution in [0, 0.1) is 0 Å². The Bertz CT molecular complexity index is 595. The lowest BCUT2D eigenvalue weighted by molar-refractivity contribution is -0.0881. The molecule has 4 heteroatoms. The summed E-state index contributed by atoms with van der Waals surface area (Å²) in [7, 11) is 0. The standard InChI is InChI=1S/C17H18F3N/c1-3-16(17(18,19)20)7-4-12(2)14-6-5-13-8-9-21-11-15(13)10-14/h3-7,10,21H,1,8-9,11H2,2H3/b12-4+,16-7+. The molecule has 2 rings (SSSR count). The number of fused-ring (bicyclic) bond motifs is 1. The fourth-order valence-electron chi connectivity index (χ4n) is 2.32. The van der Waals surface area contributed by atoms with E-state index in [9.17, 15) is 13.2 Å². The highest BCUT2D eigenvalue weighted by Gasteiger charge is 2.30. The number of nitrogens with one attached hydrogen (secondary N) is 1. The van der Waals surface area contributed by atoms with Crippen molar-refractivity contribution in [3.63, 3.8) is 0 Å². The molecule has 0 saturated heterocycles. The first-order valence-electron chi connectivity index (χ1n) is 6.83. The molecular weight excluding hydrogens is 275 g/mol. The van der Waals surface area contributed by atoms with Crippen LogP contribution in [0.1, 0.15) is 23.6 Å². The summed E-state index contributed by atoms with van der Waals surface area (Å²) in [4.78, 5) is 0. The van der Waals surface area contributed by atoms with Crippen molar-refractivity contribution in [2.45, 2.75) is 26.1 Å². The Kier molecular flexibility index (Phi) is 4.68. The van der Waals surface area contributed by atoms with E-state index in [0.29, 0.717) is 0 Å². The van der Waals surface area contributed by atoms with Gasteiger partial charge in [0.15, 0.2) is 0 Å². The third-order valence-electron chi connectivity index (χ3n) is 3.61. The van der Waals surface area contributed by atoms with Crippen molar-refractivity contribution in [3.8, 4) is 0 Å². The summed E-state index contributed by atoms with van der Waals surface area (Å²) in [6.07, 6.45) is 0.0222. The van der Waals surface area contributed by atoms with Crippen LogP contribution in [-0.4, -0.2) is 12.7 Å². The molecule has 1 aromatic carbocycles. The number of hydrogen-bond acceptors (Lipinski definition) is 1. The van der Waals surface area contributed by atoms with E-state index in [-0.39, 0.29) is 0 Å². The average Bonchev–Trinajstić information content (AvgIpc) is 2.45. The Morgan fingerprint density at radius 1 is 1.24 bits per heavy atom. The minimum absolute atomic E-state index is 0.735. The molecule has 0 saturated carbocycles. The molecule has 1 aromatic rings. The van der Waals surface area contributed by atoms with Gasteiger partial charge < -0.3 is 5.32 Å². The molecule has 0 aliphatic carbocycles. The van der Waals surface area contributed by atoms with Crippen LogP contribution in [0.5, 0.6) is 0 Å². The maximum atomic E-state index is 12.6. The van der Waals surface area contributed by atoms with E-state index in [2.05, 4.69) is 18.0 Å². The van der Waals surface area contributed by atoms with E-state index in [1.165, 1.54) is 17.2 Å². The minimum Gasteiger partial charge on any atom is -0.312 e. The lowest BCUT2D eigenvalue weighted by Gasteiger charge is -2.18. The fourth-order valence-corrected chi connectivity index (χ4v) is 2.32. The summed E-state index contributed by atoms with van der Waals surface area (Å²) in [6, 6.07) is 6.07. The Hall–Kier alpha value is -1.81. The van der Waals surface area contributed by atoms with Gasteiger partial charge in [-0.3, -0.25) is 0 Å². The van der Waals surface area contributed by atoms with Crippen LogP contribution in [0.15, 0.2) is 48.6 Å². The highest BCUT2D eigenvalue weighted by atomic mass is 19.4. The van der Waals surface area contributed by atoms with Crippen LogP contribution >= 0.6 is 0 Å². The minimum atomic E-state index is -4.36. The van der Waals surface area contributed by atoms with Crippen LogP contribution in [0.2, 0.25) is 0 Å². The molecule has 0 aromatic heterocycles. The van der Waals surface area contributed by atoms with Crippen LogP contribution in [-0.2, 0) is 13.0 Å². The third kappa shape index (κ3) is 3.85. The zero-order valence-electron chi connectivity index (χ0n) is 11.9. The van der Waals surface area contributed by atoms with E-state index in [4.69, 9.17) is 0 Å². The predicted molar refractivity (Wildman–Crippen MR) is 79.8 cm³/mol. The summed E-state index contributed by atoms with van der Waals surface area (Å²) < 4.78 is 37.9. The van der Waals surface area contributed by atoms with Gasteiger partial charge in [-0.15, -0.1) is 0 Å². The topological polar surface area (TPSA) is 12.0 Å². The Labute approximate surface area is 122 Å². The maximum Gasteiger partial charge on any atom is 0.416 e. The van der Waals surface area contributed by atoms with Gasteiger partial charge in [-0.25, -0.2) is 0 Å². The first-order valence-corrected chi connectivity index (χ1v) is 6.83. The Morgan fingerprint density at radius 3 is 2.67 bits per heavy atom. The lowest BCUT2D eigenvalue weighted by atomic mass is 9.96. The molecule has 0 bridgehead atoms. The fraction of sp³-hybridized carbons (Fsp3) is 0.294. The summed E-state index contributed by atoms with van der Waals surface area (Å²) in [5, 5.41) is 3.29. The normalized spacial score (nSPS) is 16.6. The van der Waals surface area contributed by atoms with Crippen LogP contribution in [0.4, 0.5) is 13.2 Å². The monoisotopic (exact) mass is 293 g/mol. The van der Waals surface area contributed by atoms with Gasteiger partial charge >= 0.3 is 6.18 Å². The second-order valence-electron chi connectivity index (χ2n) is 5.08. The average molecular weight is 293 g/mol.